The minimum Gasteiger partial charge on any atom is -0.306 e. The number of hydrogen-bond donors (Lipinski definition) is 1. The standard InChI is InChI=1S/C21H16ClF2N3S/c1-11-3-2-4-16(17(11)23)28-21-14-7-8-15(22)18(24)20(14)27(13-9-25-26-10-13)19(21)12-5-6-12/h2-4,7-10,12H,5-6H2,1H3,(H,25,26). The Kier molecular flexibility index (Phi) is 4.21. The third kappa shape index (κ3) is 2.74. The van der Waals surface area contributed by atoms with Gasteiger partial charge < -0.3 is 4.57 Å². The summed E-state index contributed by atoms with van der Waals surface area (Å²) in [4.78, 5) is 1.40. The average molecular weight is 416 g/mol. The minimum absolute atomic E-state index is 0.0652. The van der Waals surface area contributed by atoms with E-state index in [1.165, 1.54) is 11.8 Å². The van der Waals surface area contributed by atoms with Crippen molar-refractivity contribution in [3.8, 4) is 5.69 Å². The van der Waals surface area contributed by atoms with Gasteiger partial charge in [0.05, 0.1) is 22.4 Å². The fourth-order valence-electron chi connectivity index (χ4n) is 3.58. The topological polar surface area (TPSA) is 33.6 Å². The lowest BCUT2D eigenvalue weighted by molar-refractivity contribution is 0.592. The van der Waals surface area contributed by atoms with Gasteiger partial charge in [0.2, 0.25) is 0 Å². The van der Waals surface area contributed by atoms with Crippen LogP contribution in [0.4, 0.5) is 8.78 Å². The number of hydrogen-bond acceptors (Lipinski definition) is 2. The number of aryl methyl sites for hydroxylation is 1. The molecule has 142 valence electrons. The lowest BCUT2D eigenvalue weighted by Gasteiger charge is -2.10. The van der Waals surface area contributed by atoms with Gasteiger partial charge in [-0.2, -0.15) is 5.10 Å². The number of aromatic nitrogens is 3. The van der Waals surface area contributed by atoms with Crippen LogP contribution in [0.3, 0.4) is 0 Å². The maximum Gasteiger partial charge on any atom is 0.166 e. The first kappa shape index (κ1) is 17.8. The van der Waals surface area contributed by atoms with Crippen LogP contribution >= 0.6 is 23.4 Å². The highest BCUT2D eigenvalue weighted by molar-refractivity contribution is 7.99. The normalized spacial score (nSPS) is 14.1. The maximum absolute atomic E-state index is 15.1. The first-order valence-electron chi connectivity index (χ1n) is 9.00. The summed E-state index contributed by atoms with van der Waals surface area (Å²) >= 11 is 7.45. The molecule has 1 N–H and O–H groups in total. The van der Waals surface area contributed by atoms with Gasteiger partial charge in [-0.3, -0.25) is 5.10 Å². The predicted octanol–water partition coefficient (Wildman–Crippen LogP) is 6.62. The second-order valence-electron chi connectivity index (χ2n) is 7.03. The quantitative estimate of drug-likeness (QED) is 0.406. The van der Waals surface area contributed by atoms with Gasteiger partial charge in [0.15, 0.2) is 5.82 Å². The molecule has 1 fully saturated rings. The fraction of sp³-hybridized carbons (Fsp3) is 0.190. The largest absolute Gasteiger partial charge is 0.306 e. The van der Waals surface area contributed by atoms with Crippen LogP contribution in [0, 0.1) is 18.6 Å². The number of nitrogens with zero attached hydrogens (tertiary/aromatic N) is 2. The summed E-state index contributed by atoms with van der Waals surface area (Å²) in [5.74, 6) is -0.414. The zero-order valence-corrected chi connectivity index (χ0v) is 16.5. The van der Waals surface area contributed by atoms with E-state index in [0.717, 1.165) is 34.5 Å². The Morgan fingerprint density at radius 3 is 2.71 bits per heavy atom. The Bertz CT molecular complexity index is 1200. The van der Waals surface area contributed by atoms with E-state index in [1.54, 1.807) is 37.5 Å². The van der Waals surface area contributed by atoms with Gasteiger partial charge in [-0.15, -0.1) is 0 Å². The molecule has 0 radical (unpaired) electrons. The summed E-state index contributed by atoms with van der Waals surface area (Å²) in [6.07, 6.45) is 5.43. The minimum atomic E-state index is -0.473. The van der Waals surface area contributed by atoms with Crippen LogP contribution in [0.2, 0.25) is 5.02 Å². The number of benzene rings is 2. The third-order valence-electron chi connectivity index (χ3n) is 5.09. The van der Waals surface area contributed by atoms with Crippen LogP contribution in [0.15, 0.2) is 52.5 Å². The van der Waals surface area contributed by atoms with Crippen molar-refractivity contribution < 1.29 is 8.78 Å². The van der Waals surface area contributed by atoms with Crippen molar-refractivity contribution in [2.45, 2.75) is 35.5 Å². The average Bonchev–Trinajstić information content (AvgIpc) is 3.27. The zero-order valence-electron chi connectivity index (χ0n) is 15.0. The molecule has 28 heavy (non-hydrogen) atoms. The first-order chi connectivity index (χ1) is 13.6. The fourth-order valence-corrected chi connectivity index (χ4v) is 4.98. The van der Waals surface area contributed by atoms with Crippen LogP contribution in [0.1, 0.15) is 30.0 Å². The molecule has 0 unspecified atom stereocenters. The Hall–Kier alpha value is -2.31. The predicted molar refractivity (Wildman–Crippen MR) is 108 cm³/mol. The van der Waals surface area contributed by atoms with E-state index in [2.05, 4.69) is 10.2 Å². The lowest BCUT2D eigenvalue weighted by atomic mass is 10.2. The molecule has 5 rings (SSSR count). The molecule has 4 aromatic rings. The second kappa shape index (κ2) is 6.64. The van der Waals surface area contributed by atoms with Crippen molar-refractivity contribution >= 4 is 34.3 Å². The summed E-state index contributed by atoms with van der Waals surface area (Å²) in [5.41, 5.74) is 2.73. The van der Waals surface area contributed by atoms with Gasteiger partial charge in [-0.05, 0) is 43.5 Å². The highest BCUT2D eigenvalue weighted by Gasteiger charge is 2.34. The summed E-state index contributed by atoms with van der Waals surface area (Å²) in [6.45, 7) is 1.75. The van der Waals surface area contributed by atoms with Crippen molar-refractivity contribution in [3.63, 3.8) is 0 Å². The van der Waals surface area contributed by atoms with Crippen LogP contribution in [0.25, 0.3) is 16.6 Å². The third-order valence-corrected chi connectivity index (χ3v) is 6.55. The maximum atomic E-state index is 15.1. The number of fused-ring (bicyclic) bond motifs is 1. The molecule has 2 aromatic heterocycles. The number of aromatic amines is 1. The summed E-state index contributed by atoms with van der Waals surface area (Å²) in [5, 5.41) is 7.62. The molecule has 1 aliphatic carbocycles. The Morgan fingerprint density at radius 1 is 1.18 bits per heavy atom. The molecule has 7 heteroatoms. The molecule has 1 aliphatic rings. The first-order valence-corrected chi connectivity index (χ1v) is 10.2. The van der Waals surface area contributed by atoms with E-state index in [4.69, 9.17) is 11.6 Å². The summed E-state index contributed by atoms with van der Waals surface area (Å²) < 4.78 is 31.7. The van der Waals surface area contributed by atoms with Gasteiger partial charge >= 0.3 is 0 Å². The molecule has 2 heterocycles. The van der Waals surface area contributed by atoms with E-state index < -0.39 is 5.82 Å². The Morgan fingerprint density at radius 2 is 2.00 bits per heavy atom. The highest BCUT2D eigenvalue weighted by atomic mass is 35.5. The second-order valence-corrected chi connectivity index (χ2v) is 8.49. The molecule has 0 amide bonds. The summed E-state index contributed by atoms with van der Waals surface area (Å²) in [7, 11) is 0. The molecule has 0 atom stereocenters. The SMILES string of the molecule is Cc1cccc(Sc2c(C3CC3)n(-c3cn[nH]c3)c3c(F)c(Cl)ccc23)c1F. The molecular formula is C21H16ClF2N3S. The van der Waals surface area contributed by atoms with Crippen LogP contribution < -0.4 is 0 Å². The monoisotopic (exact) mass is 415 g/mol. The Balaban J connectivity index is 1.83. The smallest absolute Gasteiger partial charge is 0.166 e. The van der Waals surface area contributed by atoms with Gasteiger partial charge in [0.25, 0.3) is 0 Å². The number of rotatable bonds is 4. The van der Waals surface area contributed by atoms with E-state index in [0.29, 0.717) is 21.9 Å². The molecule has 0 spiro atoms. The van der Waals surface area contributed by atoms with Crippen molar-refractivity contribution in [3.05, 3.63) is 70.6 Å². The molecule has 0 bridgehead atoms. The van der Waals surface area contributed by atoms with Crippen LogP contribution in [-0.4, -0.2) is 14.8 Å². The van der Waals surface area contributed by atoms with Gasteiger partial charge in [0.1, 0.15) is 5.82 Å². The molecular weight excluding hydrogens is 400 g/mol. The lowest BCUT2D eigenvalue weighted by Crippen LogP contribution is -2.00. The van der Waals surface area contributed by atoms with Crippen molar-refractivity contribution in [1.29, 1.82) is 0 Å². The molecule has 1 saturated carbocycles. The van der Waals surface area contributed by atoms with Crippen molar-refractivity contribution in [1.82, 2.24) is 14.8 Å². The molecule has 0 saturated heterocycles. The molecule has 2 aromatic carbocycles. The van der Waals surface area contributed by atoms with E-state index >= 15 is 4.39 Å². The van der Waals surface area contributed by atoms with Gasteiger partial charge in [0, 0.05) is 33.0 Å². The van der Waals surface area contributed by atoms with Crippen molar-refractivity contribution in [2.75, 3.05) is 0 Å². The molecule has 0 aliphatic heterocycles. The van der Waals surface area contributed by atoms with E-state index in [-0.39, 0.29) is 10.8 Å². The highest BCUT2D eigenvalue weighted by Crippen LogP contribution is 2.51. The van der Waals surface area contributed by atoms with E-state index in [9.17, 15) is 4.39 Å². The van der Waals surface area contributed by atoms with Crippen LogP contribution in [-0.2, 0) is 0 Å². The zero-order chi connectivity index (χ0) is 19.4. The summed E-state index contributed by atoms with van der Waals surface area (Å²) in [6, 6.07) is 8.72. The van der Waals surface area contributed by atoms with Crippen molar-refractivity contribution in [2.24, 2.45) is 0 Å². The van der Waals surface area contributed by atoms with Gasteiger partial charge in [-0.1, -0.05) is 35.5 Å². The van der Waals surface area contributed by atoms with Gasteiger partial charge in [-0.25, -0.2) is 8.78 Å². The number of halogens is 3. The van der Waals surface area contributed by atoms with E-state index in [1.807, 2.05) is 16.7 Å². The number of H-pyrrole nitrogens is 1. The number of nitrogens with one attached hydrogen (secondary N) is 1. The molecule has 3 nitrogen and oxygen atoms in total. The van der Waals surface area contributed by atoms with Crippen LogP contribution in [0.5, 0.6) is 0 Å². The Labute approximate surface area is 169 Å².